The highest BCUT2D eigenvalue weighted by atomic mass is 16.6. The van der Waals surface area contributed by atoms with Crippen LogP contribution in [0, 0.1) is 0 Å². The number of carbonyl (C=O) groups excluding carboxylic acids is 1. The number of hydrogen-bond donors (Lipinski definition) is 6. The van der Waals surface area contributed by atoms with Gasteiger partial charge in [0.15, 0.2) is 0 Å². The zero-order valence-electron chi connectivity index (χ0n) is 35.5. The smallest absolute Gasteiger partial charge is 0.306 e. The minimum Gasteiger partial charge on any atom is -0.457 e. The molecular formula is C41H82O16. The zero-order chi connectivity index (χ0) is 42.2. The number of carbonyl (C=O) groups is 1. The molecule has 0 aromatic rings. The highest BCUT2D eigenvalue weighted by Gasteiger charge is 2.23. The van der Waals surface area contributed by atoms with Crippen LogP contribution in [0.5, 0.6) is 0 Å². The molecule has 0 fully saturated rings. The second-order valence-corrected chi connectivity index (χ2v) is 14.7. The summed E-state index contributed by atoms with van der Waals surface area (Å²) in [5.41, 5.74) is 0. The molecule has 0 aromatic heterocycles. The van der Waals surface area contributed by atoms with Crippen molar-refractivity contribution in [1.82, 2.24) is 0 Å². The monoisotopic (exact) mass is 831 g/mol. The summed E-state index contributed by atoms with van der Waals surface area (Å²) in [6.45, 7) is 0.678. The van der Waals surface area contributed by atoms with Gasteiger partial charge < -0.3 is 73.3 Å². The van der Waals surface area contributed by atoms with Crippen molar-refractivity contribution < 1.29 is 78.1 Å². The van der Waals surface area contributed by atoms with Crippen LogP contribution >= 0.6 is 0 Å². The molecule has 0 amide bonds. The molecule has 0 rings (SSSR count). The Labute approximate surface area is 342 Å². The van der Waals surface area contributed by atoms with Crippen LogP contribution in [0.4, 0.5) is 0 Å². The van der Waals surface area contributed by atoms with Crippen LogP contribution in [0.2, 0.25) is 0 Å². The summed E-state index contributed by atoms with van der Waals surface area (Å²) in [5, 5.41) is 57.1. The fourth-order valence-corrected chi connectivity index (χ4v) is 5.66. The fourth-order valence-electron chi connectivity index (χ4n) is 5.66. The largest absolute Gasteiger partial charge is 0.457 e. The Morgan fingerprint density at radius 1 is 0.439 bits per heavy atom. The van der Waals surface area contributed by atoms with Gasteiger partial charge >= 0.3 is 5.97 Å². The van der Waals surface area contributed by atoms with E-state index in [9.17, 15) is 25.2 Å². The Hall–Kier alpha value is -1.09. The Balaban J connectivity index is 5.23. The van der Waals surface area contributed by atoms with Crippen molar-refractivity contribution in [2.45, 2.75) is 152 Å². The van der Waals surface area contributed by atoms with E-state index < -0.39 is 61.9 Å². The first-order valence-corrected chi connectivity index (χ1v) is 21.3. The van der Waals surface area contributed by atoms with E-state index in [0.717, 1.165) is 19.3 Å². The quantitative estimate of drug-likeness (QED) is 0.0384. The van der Waals surface area contributed by atoms with Crippen molar-refractivity contribution in [2.75, 3.05) is 107 Å². The van der Waals surface area contributed by atoms with E-state index in [1.807, 2.05) is 0 Å². The molecule has 16 heteroatoms. The average Bonchev–Trinajstić information content (AvgIpc) is 3.21. The molecule has 6 N–H and O–H groups in total. The lowest BCUT2D eigenvalue weighted by Gasteiger charge is -2.26. The summed E-state index contributed by atoms with van der Waals surface area (Å²) < 4.78 is 50.4. The number of methoxy groups -OCH3 is 2. The van der Waals surface area contributed by atoms with Gasteiger partial charge in [0.25, 0.3) is 0 Å². The Bertz CT molecular complexity index is 823. The molecule has 0 aromatic carbocycles. The average molecular weight is 831 g/mol. The first kappa shape index (κ1) is 55.9. The number of rotatable bonds is 45. The molecule has 0 bridgehead atoms. The molecule has 0 heterocycles. The Morgan fingerprint density at radius 2 is 0.825 bits per heavy atom. The van der Waals surface area contributed by atoms with Crippen LogP contribution in [0.15, 0.2) is 0 Å². The highest BCUT2D eigenvalue weighted by molar-refractivity contribution is 5.69. The third kappa shape index (κ3) is 36.5. The van der Waals surface area contributed by atoms with E-state index in [0.29, 0.717) is 6.42 Å². The van der Waals surface area contributed by atoms with Gasteiger partial charge in [-0.3, -0.25) is 4.79 Å². The lowest BCUT2D eigenvalue weighted by Crippen LogP contribution is -2.38. The Morgan fingerprint density at radius 3 is 1.21 bits per heavy atom. The van der Waals surface area contributed by atoms with Crippen LogP contribution in [-0.2, 0) is 47.4 Å². The van der Waals surface area contributed by atoms with Gasteiger partial charge in [0, 0.05) is 20.6 Å². The maximum Gasteiger partial charge on any atom is 0.306 e. The third-order valence-electron chi connectivity index (χ3n) is 9.09. The minimum atomic E-state index is -1.09. The molecule has 16 nitrogen and oxygen atoms in total. The number of aliphatic hydroxyl groups excluding tert-OH is 6. The summed E-state index contributed by atoms with van der Waals surface area (Å²) in [7, 11) is 2.93. The standard InChI is InChI=1S/C41H82O16/c1-4-5-6-7-8-9-10-11-12-13-14-15-16-17-18-19-41(48)57-40(32-55-38(28-51-24-34(45)20-42)29-52-25-35(46)21-43)33-56-39(30-53-26-36(47)23-49-2)31-54-27-37(22-44)50-3/h34-40,42-47H,4-33H2,1-3H3. The number of ether oxygens (including phenoxy) is 9. The molecule has 57 heavy (non-hydrogen) atoms. The molecule has 0 aliphatic carbocycles. The molecule has 0 saturated heterocycles. The highest BCUT2D eigenvalue weighted by Crippen LogP contribution is 2.15. The SMILES string of the molecule is CCCCCCCCCCCCCCCCCC(=O)OC(COC(COCC(O)CO)COCC(O)CO)COC(COCC(O)COC)COCC(CO)OC. The fraction of sp³-hybridized carbons (Fsp3) is 0.976. The normalized spacial score (nSPS) is 15.6. The molecule has 6 unspecified atom stereocenters. The lowest BCUT2D eigenvalue weighted by atomic mass is 10.0. The Kier molecular flexibility index (Phi) is 40.8. The first-order valence-electron chi connectivity index (χ1n) is 21.3. The first-order chi connectivity index (χ1) is 27.7. The van der Waals surface area contributed by atoms with Gasteiger partial charge in [-0.1, -0.05) is 96.8 Å². The third-order valence-corrected chi connectivity index (χ3v) is 9.09. The van der Waals surface area contributed by atoms with Gasteiger partial charge in [-0.25, -0.2) is 0 Å². The predicted molar refractivity (Wildman–Crippen MR) is 214 cm³/mol. The minimum absolute atomic E-state index is 0.0105. The zero-order valence-corrected chi connectivity index (χ0v) is 35.5. The lowest BCUT2D eigenvalue weighted by molar-refractivity contribution is -0.167. The summed E-state index contributed by atoms with van der Waals surface area (Å²) in [6, 6.07) is 0. The van der Waals surface area contributed by atoms with Crippen LogP contribution in [0.3, 0.4) is 0 Å². The maximum absolute atomic E-state index is 13.0. The van der Waals surface area contributed by atoms with Crippen molar-refractivity contribution in [1.29, 1.82) is 0 Å². The molecular weight excluding hydrogens is 748 g/mol. The number of esters is 1. The predicted octanol–water partition coefficient (Wildman–Crippen LogP) is 2.72. The van der Waals surface area contributed by atoms with E-state index in [1.165, 1.54) is 84.8 Å². The second-order valence-electron chi connectivity index (χ2n) is 14.7. The van der Waals surface area contributed by atoms with Gasteiger partial charge in [-0.2, -0.15) is 0 Å². The van der Waals surface area contributed by atoms with Gasteiger partial charge in [0.2, 0.25) is 0 Å². The van der Waals surface area contributed by atoms with E-state index in [2.05, 4.69) is 6.92 Å². The topological polar surface area (TPSA) is 222 Å². The van der Waals surface area contributed by atoms with Crippen LogP contribution in [-0.4, -0.2) is 186 Å². The van der Waals surface area contributed by atoms with Crippen molar-refractivity contribution in [3.05, 3.63) is 0 Å². The van der Waals surface area contributed by atoms with E-state index >= 15 is 0 Å². The van der Waals surface area contributed by atoms with E-state index in [1.54, 1.807) is 0 Å². The van der Waals surface area contributed by atoms with Crippen LogP contribution in [0.1, 0.15) is 110 Å². The summed E-state index contributed by atoms with van der Waals surface area (Å²) >= 11 is 0. The number of unbranched alkanes of at least 4 members (excludes halogenated alkanes) is 14. The van der Waals surface area contributed by atoms with Crippen LogP contribution < -0.4 is 0 Å². The maximum atomic E-state index is 13.0. The van der Waals surface area contributed by atoms with E-state index in [-0.39, 0.29) is 85.7 Å². The molecule has 0 aliphatic heterocycles. The van der Waals surface area contributed by atoms with Gasteiger partial charge in [-0.05, 0) is 6.42 Å². The van der Waals surface area contributed by atoms with E-state index in [4.69, 9.17) is 52.8 Å². The van der Waals surface area contributed by atoms with Gasteiger partial charge in [0.1, 0.15) is 42.7 Å². The molecule has 0 radical (unpaired) electrons. The van der Waals surface area contributed by atoms with Gasteiger partial charge in [-0.15, -0.1) is 0 Å². The van der Waals surface area contributed by atoms with Crippen molar-refractivity contribution in [2.24, 2.45) is 0 Å². The molecule has 0 aliphatic rings. The number of hydrogen-bond acceptors (Lipinski definition) is 16. The van der Waals surface area contributed by atoms with Crippen molar-refractivity contribution in [3.63, 3.8) is 0 Å². The molecule has 342 valence electrons. The van der Waals surface area contributed by atoms with Gasteiger partial charge in [0.05, 0.1) is 92.5 Å². The van der Waals surface area contributed by atoms with Crippen LogP contribution in [0.25, 0.3) is 0 Å². The molecule has 6 atom stereocenters. The molecule has 0 saturated carbocycles. The number of aliphatic hydroxyl groups is 6. The second kappa shape index (κ2) is 41.6. The summed E-state index contributed by atoms with van der Waals surface area (Å²) in [5.74, 6) is -0.402. The molecule has 0 spiro atoms. The van der Waals surface area contributed by atoms with Crippen molar-refractivity contribution in [3.8, 4) is 0 Å². The summed E-state index contributed by atoms with van der Waals surface area (Å²) in [4.78, 5) is 13.0. The van der Waals surface area contributed by atoms with Crippen molar-refractivity contribution >= 4 is 5.97 Å². The summed E-state index contributed by atoms with van der Waals surface area (Å²) in [6.07, 6.45) is 12.7.